The monoisotopic (exact) mass is 371 g/mol. The number of ether oxygens (including phenoxy) is 1. The van der Waals surface area contributed by atoms with Gasteiger partial charge in [-0.2, -0.15) is 0 Å². The zero-order valence-corrected chi connectivity index (χ0v) is 15.8. The lowest BCUT2D eigenvalue weighted by atomic mass is 9.94. The van der Waals surface area contributed by atoms with Crippen molar-refractivity contribution in [2.24, 2.45) is 0 Å². The molecule has 1 fully saturated rings. The zero-order chi connectivity index (χ0) is 18.9. The average molecular weight is 371 g/mol. The fraction of sp³-hybridized carbons (Fsp3) is 0.250. The van der Waals surface area contributed by atoms with Gasteiger partial charge in [-0.1, -0.05) is 29.8 Å². The van der Waals surface area contributed by atoms with Gasteiger partial charge >= 0.3 is 0 Å². The Balaban J connectivity index is 2.01. The van der Waals surface area contributed by atoms with Crippen LogP contribution in [-0.4, -0.2) is 25.6 Å². The maximum atomic E-state index is 13.2. The molecular formula is C20H21NO4S. The second-order valence-electron chi connectivity index (χ2n) is 6.35. The molecule has 0 spiro atoms. The van der Waals surface area contributed by atoms with Gasteiger partial charge in [-0.05, 0) is 43.7 Å². The summed E-state index contributed by atoms with van der Waals surface area (Å²) in [4.78, 5) is 11.7. The van der Waals surface area contributed by atoms with E-state index in [1.807, 2.05) is 19.1 Å². The van der Waals surface area contributed by atoms with E-state index in [9.17, 15) is 13.2 Å². The van der Waals surface area contributed by atoms with E-state index in [-0.39, 0.29) is 16.7 Å². The van der Waals surface area contributed by atoms with Crippen LogP contribution in [0.15, 0.2) is 65.2 Å². The standard InChI is InChI=1S/C20H21NO4S/c1-14-4-10-19(11-5-14)26(23,24)21-17(12-15(2)22)13-20(21)16-6-8-18(25-3)9-7-16/h4-12,20H,13H2,1-3H3/b17-12+. The molecule has 0 saturated carbocycles. The Morgan fingerprint density at radius 2 is 1.73 bits per heavy atom. The van der Waals surface area contributed by atoms with E-state index in [0.717, 1.165) is 11.1 Å². The lowest BCUT2D eigenvalue weighted by Gasteiger charge is -2.44. The van der Waals surface area contributed by atoms with Crippen LogP contribution < -0.4 is 4.74 Å². The van der Waals surface area contributed by atoms with Gasteiger partial charge in [0, 0.05) is 18.2 Å². The van der Waals surface area contributed by atoms with E-state index in [4.69, 9.17) is 4.74 Å². The number of carbonyl (C=O) groups is 1. The number of rotatable bonds is 5. The third kappa shape index (κ3) is 3.37. The van der Waals surface area contributed by atoms with E-state index in [1.54, 1.807) is 43.5 Å². The van der Waals surface area contributed by atoms with E-state index in [1.165, 1.54) is 17.3 Å². The maximum absolute atomic E-state index is 13.2. The molecule has 136 valence electrons. The van der Waals surface area contributed by atoms with Gasteiger partial charge in [-0.15, -0.1) is 0 Å². The molecule has 1 saturated heterocycles. The highest BCUT2D eigenvalue weighted by molar-refractivity contribution is 7.89. The topological polar surface area (TPSA) is 63.7 Å². The van der Waals surface area contributed by atoms with E-state index in [0.29, 0.717) is 17.9 Å². The zero-order valence-electron chi connectivity index (χ0n) is 15.0. The van der Waals surface area contributed by atoms with Crippen molar-refractivity contribution < 1.29 is 17.9 Å². The van der Waals surface area contributed by atoms with Crippen LogP contribution in [0.1, 0.15) is 30.5 Å². The molecule has 2 aromatic rings. The molecule has 0 aromatic heterocycles. The summed E-state index contributed by atoms with van der Waals surface area (Å²) in [6, 6.07) is 13.7. The first-order chi connectivity index (χ1) is 12.3. The molecule has 1 aliphatic heterocycles. The fourth-order valence-electron chi connectivity index (χ4n) is 3.04. The predicted molar refractivity (Wildman–Crippen MR) is 99.3 cm³/mol. The van der Waals surface area contributed by atoms with Crippen LogP contribution in [0.25, 0.3) is 0 Å². The summed E-state index contributed by atoms with van der Waals surface area (Å²) in [5, 5.41) is 0. The highest BCUT2D eigenvalue weighted by atomic mass is 32.2. The minimum atomic E-state index is -3.75. The Labute approximate surface area is 154 Å². The smallest absolute Gasteiger partial charge is 0.264 e. The van der Waals surface area contributed by atoms with Crippen LogP contribution in [0.4, 0.5) is 0 Å². The first-order valence-corrected chi connectivity index (χ1v) is 9.73. The second-order valence-corrected chi connectivity index (χ2v) is 8.17. The molecular weight excluding hydrogens is 350 g/mol. The van der Waals surface area contributed by atoms with E-state index < -0.39 is 10.0 Å². The molecule has 5 nitrogen and oxygen atoms in total. The van der Waals surface area contributed by atoms with Gasteiger partial charge in [-0.25, -0.2) is 8.42 Å². The van der Waals surface area contributed by atoms with Gasteiger partial charge in [0.25, 0.3) is 10.0 Å². The van der Waals surface area contributed by atoms with Crippen LogP contribution >= 0.6 is 0 Å². The number of methoxy groups -OCH3 is 1. The van der Waals surface area contributed by atoms with Crippen LogP contribution in [-0.2, 0) is 14.8 Å². The number of ketones is 1. The number of allylic oxidation sites excluding steroid dienone is 1. The molecule has 1 aliphatic rings. The number of benzene rings is 2. The largest absolute Gasteiger partial charge is 0.497 e. The average Bonchev–Trinajstić information content (AvgIpc) is 2.58. The van der Waals surface area contributed by atoms with Gasteiger partial charge in [0.2, 0.25) is 0 Å². The fourth-order valence-corrected chi connectivity index (χ4v) is 4.72. The molecule has 6 heteroatoms. The Bertz CT molecular complexity index is 944. The van der Waals surface area contributed by atoms with Crippen molar-refractivity contribution >= 4 is 15.8 Å². The predicted octanol–water partition coefficient (Wildman–Crippen LogP) is 3.61. The lowest BCUT2D eigenvalue weighted by molar-refractivity contribution is -0.112. The van der Waals surface area contributed by atoms with Crippen LogP contribution in [0.2, 0.25) is 0 Å². The third-order valence-electron chi connectivity index (χ3n) is 4.42. The molecule has 0 amide bonds. The lowest BCUT2D eigenvalue weighted by Crippen LogP contribution is -2.43. The molecule has 3 rings (SSSR count). The minimum Gasteiger partial charge on any atom is -0.497 e. The number of nitrogens with zero attached hydrogens (tertiary/aromatic N) is 1. The SMILES string of the molecule is COc1ccc(C2C/C(=C\C(C)=O)N2S(=O)(=O)c2ccc(C)cc2)cc1. The van der Waals surface area contributed by atoms with Crippen molar-refractivity contribution in [2.75, 3.05) is 7.11 Å². The Morgan fingerprint density at radius 3 is 2.27 bits per heavy atom. The van der Waals surface area contributed by atoms with Gasteiger partial charge in [0.15, 0.2) is 5.78 Å². The van der Waals surface area contributed by atoms with Crippen LogP contribution in [0.3, 0.4) is 0 Å². The number of aryl methyl sites for hydroxylation is 1. The molecule has 1 atom stereocenters. The molecule has 0 aliphatic carbocycles. The van der Waals surface area contributed by atoms with Crippen molar-refractivity contribution in [2.45, 2.75) is 31.2 Å². The Hall–Kier alpha value is -2.60. The van der Waals surface area contributed by atoms with Crippen molar-refractivity contribution in [3.05, 3.63) is 71.4 Å². The summed E-state index contributed by atoms with van der Waals surface area (Å²) in [6.07, 6.45) is 1.89. The summed E-state index contributed by atoms with van der Waals surface area (Å²) in [5.74, 6) is 0.540. The van der Waals surface area contributed by atoms with Crippen molar-refractivity contribution in [1.29, 1.82) is 0 Å². The molecule has 1 unspecified atom stereocenters. The second kappa shape index (κ2) is 6.96. The van der Waals surface area contributed by atoms with Gasteiger partial charge in [-0.3, -0.25) is 9.10 Å². The third-order valence-corrected chi connectivity index (χ3v) is 6.29. The maximum Gasteiger partial charge on any atom is 0.264 e. The van der Waals surface area contributed by atoms with Crippen molar-refractivity contribution in [1.82, 2.24) is 4.31 Å². The normalized spacial score (nSPS) is 18.5. The summed E-state index contributed by atoms with van der Waals surface area (Å²) >= 11 is 0. The van der Waals surface area contributed by atoms with Crippen molar-refractivity contribution in [3.8, 4) is 5.75 Å². The summed E-state index contributed by atoms with van der Waals surface area (Å²) in [5.41, 5.74) is 2.36. The molecule has 0 N–H and O–H groups in total. The first kappa shape index (κ1) is 18.2. The Morgan fingerprint density at radius 1 is 1.12 bits per heavy atom. The number of hydrogen-bond donors (Lipinski definition) is 0. The first-order valence-electron chi connectivity index (χ1n) is 8.29. The number of hydrogen-bond acceptors (Lipinski definition) is 4. The van der Waals surface area contributed by atoms with E-state index >= 15 is 0 Å². The molecule has 0 radical (unpaired) electrons. The highest BCUT2D eigenvalue weighted by Gasteiger charge is 2.42. The van der Waals surface area contributed by atoms with E-state index in [2.05, 4.69) is 0 Å². The van der Waals surface area contributed by atoms with Crippen LogP contribution in [0, 0.1) is 6.92 Å². The van der Waals surface area contributed by atoms with Gasteiger partial charge < -0.3 is 4.74 Å². The minimum absolute atomic E-state index is 0.169. The van der Waals surface area contributed by atoms with Gasteiger partial charge in [0.05, 0.1) is 18.0 Å². The molecule has 2 aromatic carbocycles. The van der Waals surface area contributed by atoms with Gasteiger partial charge in [0.1, 0.15) is 5.75 Å². The van der Waals surface area contributed by atoms with Crippen molar-refractivity contribution in [3.63, 3.8) is 0 Å². The summed E-state index contributed by atoms with van der Waals surface area (Å²) in [7, 11) is -2.16. The van der Waals surface area contributed by atoms with Crippen LogP contribution in [0.5, 0.6) is 5.75 Å². The molecule has 1 heterocycles. The number of sulfonamides is 1. The summed E-state index contributed by atoms with van der Waals surface area (Å²) < 4.78 is 32.9. The number of carbonyl (C=O) groups excluding carboxylic acids is 1. The molecule has 26 heavy (non-hydrogen) atoms. The Kier molecular flexibility index (Phi) is 4.87. The highest BCUT2D eigenvalue weighted by Crippen LogP contribution is 2.45. The summed E-state index contributed by atoms with van der Waals surface area (Å²) in [6.45, 7) is 3.33. The quantitative estimate of drug-likeness (QED) is 0.753. The molecule has 0 bridgehead atoms.